The summed E-state index contributed by atoms with van der Waals surface area (Å²) in [6.45, 7) is 2.02. The largest absolute Gasteiger partial charge is 0.504 e. The van der Waals surface area contributed by atoms with Crippen molar-refractivity contribution < 1.29 is 9.50 Å². The predicted octanol–water partition coefficient (Wildman–Crippen LogP) is 6.22. The molecule has 6 nitrogen and oxygen atoms in total. The number of rotatable bonds is 6. The number of benzene rings is 2. The van der Waals surface area contributed by atoms with Crippen LogP contribution in [0.15, 0.2) is 48.9 Å². The summed E-state index contributed by atoms with van der Waals surface area (Å²) in [6, 6.07) is 9.15. The predicted molar refractivity (Wildman–Crippen MR) is 137 cm³/mol. The number of phenolic OH excluding ortho intramolecular Hbond substituents is 1. The standard InChI is InChI=1S/C27H27ClFN5O/c28-23-11-18(12-24(29)27(23)35)17-3-4-25-22(10-17)26(19(13-31-25)9-16-1-2-16)33-20-14-32-34(15-20)21-5-7-30-8-6-21/h3-4,10-16,21,30,35H,1-2,5-9H2,(H,31,33). The van der Waals surface area contributed by atoms with E-state index < -0.39 is 11.6 Å². The summed E-state index contributed by atoms with van der Waals surface area (Å²) in [5, 5.41) is 22.4. The maximum atomic E-state index is 14.2. The summed E-state index contributed by atoms with van der Waals surface area (Å²) in [6.07, 6.45) is 11.5. The van der Waals surface area contributed by atoms with Gasteiger partial charge in [-0.1, -0.05) is 17.7 Å². The van der Waals surface area contributed by atoms with Crippen LogP contribution < -0.4 is 10.6 Å². The average molecular weight is 492 g/mol. The lowest BCUT2D eigenvalue weighted by Crippen LogP contribution is -2.29. The first-order valence-corrected chi connectivity index (χ1v) is 12.5. The van der Waals surface area contributed by atoms with Gasteiger partial charge in [-0.2, -0.15) is 5.10 Å². The summed E-state index contributed by atoms with van der Waals surface area (Å²) in [5.74, 6) is -0.574. The van der Waals surface area contributed by atoms with E-state index in [4.69, 9.17) is 16.6 Å². The van der Waals surface area contributed by atoms with Crippen molar-refractivity contribution in [2.75, 3.05) is 18.4 Å². The van der Waals surface area contributed by atoms with Gasteiger partial charge in [0.2, 0.25) is 0 Å². The lowest BCUT2D eigenvalue weighted by Gasteiger charge is -2.22. The number of aromatic nitrogens is 3. The topological polar surface area (TPSA) is 75.0 Å². The second kappa shape index (κ2) is 9.13. The van der Waals surface area contributed by atoms with E-state index in [9.17, 15) is 9.50 Å². The smallest absolute Gasteiger partial charge is 0.170 e. The molecular weight excluding hydrogens is 465 g/mol. The first-order valence-electron chi connectivity index (χ1n) is 12.2. The molecule has 0 amide bonds. The fourth-order valence-corrected chi connectivity index (χ4v) is 5.11. The second-order valence-electron chi connectivity index (χ2n) is 9.64. The number of nitrogens with one attached hydrogen (secondary N) is 2. The van der Waals surface area contributed by atoms with E-state index in [1.54, 1.807) is 6.07 Å². The van der Waals surface area contributed by atoms with E-state index in [-0.39, 0.29) is 5.02 Å². The van der Waals surface area contributed by atoms with Gasteiger partial charge in [-0.05, 0) is 92.1 Å². The highest BCUT2D eigenvalue weighted by molar-refractivity contribution is 6.32. The first kappa shape index (κ1) is 22.3. The zero-order valence-corrected chi connectivity index (χ0v) is 20.0. The van der Waals surface area contributed by atoms with Crippen molar-refractivity contribution in [1.29, 1.82) is 0 Å². The van der Waals surface area contributed by atoms with E-state index in [1.807, 2.05) is 30.6 Å². The lowest BCUT2D eigenvalue weighted by atomic mass is 9.99. The minimum Gasteiger partial charge on any atom is -0.504 e. The minimum atomic E-state index is -0.739. The average Bonchev–Trinajstić information content (AvgIpc) is 3.58. The number of anilines is 2. The highest BCUT2D eigenvalue weighted by atomic mass is 35.5. The zero-order valence-electron chi connectivity index (χ0n) is 19.3. The molecule has 0 radical (unpaired) electrons. The quantitative estimate of drug-likeness (QED) is 0.298. The van der Waals surface area contributed by atoms with Crippen molar-refractivity contribution in [3.8, 4) is 16.9 Å². The van der Waals surface area contributed by atoms with Crippen molar-refractivity contribution >= 4 is 33.9 Å². The lowest BCUT2D eigenvalue weighted by molar-refractivity contribution is 0.343. The Hall–Kier alpha value is -3.16. The van der Waals surface area contributed by atoms with Crippen LogP contribution in [0.4, 0.5) is 15.8 Å². The molecule has 2 aromatic carbocycles. The molecule has 2 aromatic heterocycles. The maximum Gasteiger partial charge on any atom is 0.170 e. The van der Waals surface area contributed by atoms with E-state index in [0.717, 1.165) is 60.2 Å². The Balaban J connectivity index is 1.41. The Labute approximate surface area is 208 Å². The molecule has 3 heterocycles. The van der Waals surface area contributed by atoms with Crippen molar-refractivity contribution in [1.82, 2.24) is 20.1 Å². The van der Waals surface area contributed by atoms with Gasteiger partial charge in [0.15, 0.2) is 11.6 Å². The van der Waals surface area contributed by atoms with Gasteiger partial charge in [-0.3, -0.25) is 9.67 Å². The second-order valence-corrected chi connectivity index (χ2v) is 10.0. The molecule has 4 aromatic rings. The number of phenols is 1. The van der Waals surface area contributed by atoms with E-state index >= 15 is 0 Å². The Kier molecular flexibility index (Phi) is 5.82. The third-order valence-electron chi connectivity index (χ3n) is 7.06. The number of aromatic hydroxyl groups is 1. The van der Waals surface area contributed by atoms with E-state index in [2.05, 4.69) is 26.6 Å². The third kappa shape index (κ3) is 4.58. The molecule has 6 rings (SSSR count). The van der Waals surface area contributed by atoms with Crippen molar-refractivity contribution in [3.05, 3.63) is 65.3 Å². The van der Waals surface area contributed by atoms with Crippen LogP contribution in [0.5, 0.6) is 5.75 Å². The van der Waals surface area contributed by atoms with Gasteiger partial charge >= 0.3 is 0 Å². The van der Waals surface area contributed by atoms with Crippen LogP contribution in [-0.2, 0) is 6.42 Å². The van der Waals surface area contributed by atoms with Gasteiger partial charge in [0.05, 0.1) is 34.2 Å². The monoisotopic (exact) mass is 491 g/mol. The van der Waals surface area contributed by atoms with Gasteiger partial charge in [-0.15, -0.1) is 0 Å². The van der Waals surface area contributed by atoms with Crippen LogP contribution in [0, 0.1) is 11.7 Å². The van der Waals surface area contributed by atoms with Crippen LogP contribution in [0.25, 0.3) is 22.0 Å². The summed E-state index contributed by atoms with van der Waals surface area (Å²) < 4.78 is 16.3. The molecular formula is C27H27ClFN5O. The Bertz CT molecular complexity index is 1370. The van der Waals surface area contributed by atoms with E-state index in [0.29, 0.717) is 17.5 Å². The number of pyridine rings is 1. The number of hydrogen-bond donors (Lipinski definition) is 3. The molecule has 1 saturated heterocycles. The molecule has 1 saturated carbocycles. The molecule has 2 fully saturated rings. The van der Waals surface area contributed by atoms with Crippen molar-refractivity contribution in [2.45, 2.75) is 38.1 Å². The van der Waals surface area contributed by atoms with Crippen LogP contribution in [-0.4, -0.2) is 33.0 Å². The summed E-state index contributed by atoms with van der Waals surface area (Å²) >= 11 is 6.05. The number of nitrogens with zero attached hydrogens (tertiary/aromatic N) is 3. The molecule has 3 N–H and O–H groups in total. The van der Waals surface area contributed by atoms with E-state index in [1.165, 1.54) is 24.5 Å². The van der Waals surface area contributed by atoms with Crippen LogP contribution >= 0.6 is 11.6 Å². The molecule has 35 heavy (non-hydrogen) atoms. The number of fused-ring (bicyclic) bond motifs is 1. The highest BCUT2D eigenvalue weighted by Crippen LogP contribution is 2.39. The summed E-state index contributed by atoms with van der Waals surface area (Å²) in [5.41, 5.74) is 5.38. The van der Waals surface area contributed by atoms with Crippen LogP contribution in [0.1, 0.15) is 37.3 Å². The molecule has 0 unspecified atom stereocenters. The van der Waals surface area contributed by atoms with Crippen LogP contribution in [0.3, 0.4) is 0 Å². The van der Waals surface area contributed by atoms with Gasteiger partial charge in [0.1, 0.15) is 0 Å². The fraction of sp³-hybridized carbons (Fsp3) is 0.333. The molecule has 1 aliphatic heterocycles. The zero-order chi connectivity index (χ0) is 23.9. The SMILES string of the molecule is Oc1c(F)cc(-c2ccc3ncc(CC4CC4)c(Nc4cnn(C5CCNCC5)c4)c3c2)cc1Cl. The van der Waals surface area contributed by atoms with Crippen molar-refractivity contribution in [2.24, 2.45) is 5.92 Å². The van der Waals surface area contributed by atoms with Gasteiger partial charge in [0, 0.05) is 17.8 Å². The number of halogens is 2. The summed E-state index contributed by atoms with van der Waals surface area (Å²) in [7, 11) is 0. The molecule has 180 valence electrons. The van der Waals surface area contributed by atoms with Gasteiger partial charge < -0.3 is 15.7 Å². The number of hydrogen-bond acceptors (Lipinski definition) is 5. The Morgan fingerprint density at radius 2 is 1.91 bits per heavy atom. The fourth-order valence-electron chi connectivity index (χ4n) is 4.90. The Morgan fingerprint density at radius 1 is 1.09 bits per heavy atom. The maximum absolute atomic E-state index is 14.2. The van der Waals surface area contributed by atoms with Gasteiger partial charge in [0.25, 0.3) is 0 Å². The molecule has 1 aliphatic carbocycles. The normalized spacial score (nSPS) is 16.6. The molecule has 8 heteroatoms. The minimum absolute atomic E-state index is 0.00983. The first-order chi connectivity index (χ1) is 17.0. The Morgan fingerprint density at radius 3 is 2.69 bits per heavy atom. The molecule has 2 aliphatic rings. The molecule has 0 atom stereocenters. The highest BCUT2D eigenvalue weighted by Gasteiger charge is 2.24. The van der Waals surface area contributed by atoms with Gasteiger partial charge in [-0.25, -0.2) is 4.39 Å². The molecule has 0 spiro atoms. The molecule has 0 bridgehead atoms. The van der Waals surface area contributed by atoms with Crippen molar-refractivity contribution in [3.63, 3.8) is 0 Å². The number of piperidine rings is 1. The summed E-state index contributed by atoms with van der Waals surface area (Å²) in [4.78, 5) is 4.72. The van der Waals surface area contributed by atoms with Crippen LogP contribution in [0.2, 0.25) is 5.02 Å². The third-order valence-corrected chi connectivity index (χ3v) is 7.34.